The highest BCUT2D eigenvalue weighted by Gasteiger charge is 2.07. The Hall–Kier alpha value is -0.280. The van der Waals surface area contributed by atoms with E-state index in [0.29, 0.717) is 9.85 Å². The maximum absolute atomic E-state index is 5.98. The lowest BCUT2D eigenvalue weighted by Gasteiger charge is -2.21. The fraction of sp³-hybridized carbons (Fsp3) is 0.444. The number of anilines is 1. The van der Waals surface area contributed by atoms with Crippen molar-refractivity contribution in [1.82, 2.24) is 4.98 Å². The molecule has 1 rings (SSSR count). The van der Waals surface area contributed by atoms with Gasteiger partial charge in [0.2, 0.25) is 0 Å². The van der Waals surface area contributed by atoms with Crippen molar-refractivity contribution >= 4 is 33.2 Å². The van der Waals surface area contributed by atoms with Gasteiger partial charge in [0.25, 0.3) is 0 Å². The van der Waals surface area contributed by atoms with Gasteiger partial charge < -0.3 is 4.90 Å². The highest BCUT2D eigenvalue weighted by atomic mass is 79.9. The first-order chi connectivity index (χ1) is 6.11. The standard InChI is InChI=1S/C9H12BrClN2/c1-7(10)6-13(2)9-3-4-12-5-8(9)11/h3-5,7H,6H2,1-2H3. The van der Waals surface area contributed by atoms with Crippen LogP contribution in [-0.2, 0) is 0 Å². The number of halogens is 2. The molecule has 1 aromatic rings. The van der Waals surface area contributed by atoms with Crippen molar-refractivity contribution in [3.8, 4) is 0 Å². The normalized spacial score (nSPS) is 12.6. The van der Waals surface area contributed by atoms with Crippen LogP contribution in [0.1, 0.15) is 6.92 Å². The van der Waals surface area contributed by atoms with Crippen molar-refractivity contribution in [2.24, 2.45) is 0 Å². The summed E-state index contributed by atoms with van der Waals surface area (Å²) in [4.78, 5) is 6.48. The van der Waals surface area contributed by atoms with E-state index in [4.69, 9.17) is 11.6 Å². The minimum absolute atomic E-state index is 0.446. The SMILES string of the molecule is CC(Br)CN(C)c1ccncc1Cl. The zero-order valence-corrected chi connectivity index (χ0v) is 10.0. The van der Waals surface area contributed by atoms with Crippen LogP contribution in [0.5, 0.6) is 0 Å². The maximum atomic E-state index is 5.98. The molecule has 1 aromatic heterocycles. The van der Waals surface area contributed by atoms with Crippen LogP contribution in [-0.4, -0.2) is 23.4 Å². The molecule has 13 heavy (non-hydrogen) atoms. The van der Waals surface area contributed by atoms with Gasteiger partial charge in [-0.3, -0.25) is 4.98 Å². The molecule has 0 N–H and O–H groups in total. The molecule has 1 heterocycles. The predicted molar refractivity (Wildman–Crippen MR) is 60.9 cm³/mol. The largest absolute Gasteiger partial charge is 0.372 e. The molecule has 0 bridgehead atoms. The summed E-state index contributed by atoms with van der Waals surface area (Å²) < 4.78 is 0. The average molecular weight is 264 g/mol. The Balaban J connectivity index is 2.76. The number of hydrogen-bond acceptors (Lipinski definition) is 2. The summed E-state index contributed by atoms with van der Waals surface area (Å²) in [7, 11) is 2.01. The van der Waals surface area contributed by atoms with Gasteiger partial charge in [-0.05, 0) is 6.07 Å². The molecule has 0 aliphatic heterocycles. The molecule has 0 saturated heterocycles. The Morgan fingerprint density at radius 2 is 2.38 bits per heavy atom. The average Bonchev–Trinajstić information content (AvgIpc) is 2.03. The lowest BCUT2D eigenvalue weighted by atomic mass is 10.3. The summed E-state index contributed by atoms with van der Waals surface area (Å²) >= 11 is 9.48. The van der Waals surface area contributed by atoms with Gasteiger partial charge in [0.1, 0.15) is 0 Å². The second-order valence-electron chi connectivity index (χ2n) is 2.99. The molecule has 0 saturated carbocycles. The number of alkyl halides is 1. The smallest absolute Gasteiger partial charge is 0.0822 e. The van der Waals surface area contributed by atoms with Gasteiger partial charge in [-0.15, -0.1) is 0 Å². The summed E-state index contributed by atoms with van der Waals surface area (Å²) in [6, 6.07) is 1.91. The van der Waals surface area contributed by atoms with Crippen molar-refractivity contribution in [1.29, 1.82) is 0 Å². The van der Waals surface area contributed by atoms with Crippen LogP contribution in [0.4, 0.5) is 5.69 Å². The van der Waals surface area contributed by atoms with Crippen molar-refractivity contribution in [2.45, 2.75) is 11.8 Å². The summed E-state index contributed by atoms with van der Waals surface area (Å²) in [6.45, 7) is 3.02. The third kappa shape index (κ3) is 3.16. The Morgan fingerprint density at radius 3 is 2.92 bits per heavy atom. The Kier molecular flexibility index (Phi) is 4.00. The topological polar surface area (TPSA) is 16.1 Å². The summed E-state index contributed by atoms with van der Waals surface area (Å²) in [5, 5.41) is 0.693. The first-order valence-electron chi connectivity index (χ1n) is 4.06. The second kappa shape index (κ2) is 4.82. The van der Waals surface area contributed by atoms with Crippen LogP contribution in [0.25, 0.3) is 0 Å². The lowest BCUT2D eigenvalue weighted by molar-refractivity contribution is 0.876. The van der Waals surface area contributed by atoms with Crippen LogP contribution in [0.3, 0.4) is 0 Å². The molecular weight excluding hydrogens is 251 g/mol. The van der Waals surface area contributed by atoms with Crippen molar-refractivity contribution < 1.29 is 0 Å². The van der Waals surface area contributed by atoms with E-state index in [-0.39, 0.29) is 0 Å². The molecule has 0 fully saturated rings. The van der Waals surface area contributed by atoms with Crippen LogP contribution < -0.4 is 4.90 Å². The van der Waals surface area contributed by atoms with Crippen LogP contribution in [0, 0.1) is 0 Å². The van der Waals surface area contributed by atoms with E-state index in [2.05, 4.69) is 32.7 Å². The highest BCUT2D eigenvalue weighted by Crippen LogP contribution is 2.23. The van der Waals surface area contributed by atoms with E-state index in [1.807, 2.05) is 13.1 Å². The maximum Gasteiger partial charge on any atom is 0.0822 e. The minimum atomic E-state index is 0.446. The monoisotopic (exact) mass is 262 g/mol. The highest BCUT2D eigenvalue weighted by molar-refractivity contribution is 9.09. The molecule has 72 valence electrons. The summed E-state index contributed by atoms with van der Waals surface area (Å²) in [5.41, 5.74) is 1.02. The number of rotatable bonds is 3. The van der Waals surface area contributed by atoms with Gasteiger partial charge in [-0.2, -0.15) is 0 Å². The zero-order chi connectivity index (χ0) is 9.84. The molecule has 0 aromatic carbocycles. The number of nitrogens with zero attached hydrogens (tertiary/aromatic N) is 2. The zero-order valence-electron chi connectivity index (χ0n) is 7.67. The van der Waals surface area contributed by atoms with E-state index < -0.39 is 0 Å². The molecule has 1 unspecified atom stereocenters. The van der Waals surface area contributed by atoms with E-state index in [1.165, 1.54) is 0 Å². The summed E-state index contributed by atoms with van der Waals surface area (Å²) in [5.74, 6) is 0. The summed E-state index contributed by atoms with van der Waals surface area (Å²) in [6.07, 6.45) is 3.41. The molecule has 0 aliphatic carbocycles. The first kappa shape index (κ1) is 10.8. The van der Waals surface area contributed by atoms with E-state index in [0.717, 1.165) is 12.2 Å². The molecule has 0 aliphatic rings. The fourth-order valence-corrected chi connectivity index (χ4v) is 1.85. The molecule has 0 amide bonds. The molecule has 0 spiro atoms. The van der Waals surface area contributed by atoms with E-state index in [9.17, 15) is 0 Å². The van der Waals surface area contributed by atoms with Gasteiger partial charge in [-0.1, -0.05) is 34.5 Å². The van der Waals surface area contributed by atoms with Crippen molar-refractivity contribution in [3.05, 3.63) is 23.5 Å². The van der Waals surface area contributed by atoms with Gasteiger partial charge in [0, 0.05) is 30.8 Å². The van der Waals surface area contributed by atoms with Crippen molar-refractivity contribution in [2.75, 3.05) is 18.5 Å². The number of hydrogen-bond donors (Lipinski definition) is 0. The molecule has 1 atom stereocenters. The van der Waals surface area contributed by atoms with E-state index in [1.54, 1.807) is 12.4 Å². The molecule has 4 heteroatoms. The van der Waals surface area contributed by atoms with Crippen molar-refractivity contribution in [3.63, 3.8) is 0 Å². The Bertz CT molecular complexity index is 278. The van der Waals surface area contributed by atoms with Crippen LogP contribution >= 0.6 is 27.5 Å². The fourth-order valence-electron chi connectivity index (χ4n) is 1.15. The predicted octanol–water partition coefficient (Wildman–Crippen LogP) is 2.95. The van der Waals surface area contributed by atoms with Gasteiger partial charge >= 0.3 is 0 Å². The second-order valence-corrected chi connectivity index (χ2v) is 4.96. The van der Waals surface area contributed by atoms with Crippen LogP contribution in [0.15, 0.2) is 18.5 Å². The Labute approximate surface area is 92.0 Å². The molecule has 0 radical (unpaired) electrons. The van der Waals surface area contributed by atoms with Gasteiger partial charge in [0.05, 0.1) is 10.7 Å². The third-order valence-corrected chi connectivity index (χ3v) is 2.27. The van der Waals surface area contributed by atoms with Gasteiger partial charge in [-0.25, -0.2) is 0 Å². The quantitative estimate of drug-likeness (QED) is 0.780. The minimum Gasteiger partial charge on any atom is -0.372 e. The van der Waals surface area contributed by atoms with E-state index >= 15 is 0 Å². The van der Waals surface area contributed by atoms with Crippen LogP contribution in [0.2, 0.25) is 5.02 Å². The molecular formula is C9H12BrClN2. The number of aromatic nitrogens is 1. The first-order valence-corrected chi connectivity index (χ1v) is 5.35. The molecule has 2 nitrogen and oxygen atoms in total. The Morgan fingerprint density at radius 1 is 1.69 bits per heavy atom. The third-order valence-electron chi connectivity index (χ3n) is 1.69. The van der Waals surface area contributed by atoms with Gasteiger partial charge in [0.15, 0.2) is 0 Å². The lowest BCUT2D eigenvalue weighted by Crippen LogP contribution is -2.24. The number of pyridine rings is 1.